The molecule has 2 aromatic carbocycles. The second-order valence-electron chi connectivity index (χ2n) is 5.34. The fourth-order valence-corrected chi connectivity index (χ4v) is 2.10. The van der Waals surface area contributed by atoms with Crippen LogP contribution in [0.2, 0.25) is 5.02 Å². The third-order valence-electron chi connectivity index (χ3n) is 3.36. The van der Waals surface area contributed by atoms with E-state index in [1.165, 1.54) is 49.6 Å². The monoisotopic (exact) mass is 406 g/mol. The molecule has 2 N–H and O–H groups in total. The van der Waals surface area contributed by atoms with E-state index in [1.807, 2.05) is 0 Å². The van der Waals surface area contributed by atoms with Gasteiger partial charge in [0, 0.05) is 16.7 Å². The lowest BCUT2D eigenvalue weighted by Crippen LogP contribution is -2.43. The maximum Gasteiger partial charge on any atom is 0.331 e. The molecule has 0 aliphatic rings. The molecule has 2 amide bonds. The number of nitrogens with one attached hydrogen (secondary N) is 2. The summed E-state index contributed by atoms with van der Waals surface area (Å²) in [5.41, 5.74) is 4.98. The highest BCUT2D eigenvalue weighted by molar-refractivity contribution is 6.30. The number of carbonyl (C=O) groups excluding carboxylic acids is 3. The van der Waals surface area contributed by atoms with Gasteiger partial charge in [0.05, 0.1) is 7.11 Å². The Morgan fingerprint density at radius 3 is 2.46 bits per heavy atom. The Morgan fingerprint density at radius 2 is 1.82 bits per heavy atom. The molecule has 0 saturated heterocycles. The molecular formula is C19H16ClFN2O5. The van der Waals surface area contributed by atoms with Crippen LogP contribution in [0.4, 0.5) is 4.39 Å². The van der Waals surface area contributed by atoms with Crippen LogP contribution >= 0.6 is 11.6 Å². The van der Waals surface area contributed by atoms with E-state index in [9.17, 15) is 18.8 Å². The SMILES string of the molecule is COc1ccc(/C=C/C(=O)OCC(=O)NNC(=O)c2ccc(Cl)cc2)cc1F. The summed E-state index contributed by atoms with van der Waals surface area (Å²) >= 11 is 5.72. The number of rotatable bonds is 6. The number of hydrazine groups is 1. The van der Waals surface area contributed by atoms with E-state index in [4.69, 9.17) is 21.1 Å². The molecule has 0 radical (unpaired) electrons. The second kappa shape index (κ2) is 10.1. The standard InChI is InChI=1S/C19H16ClFN2O5/c1-27-16-8-2-12(10-15(16)21)3-9-18(25)28-11-17(24)22-23-19(26)13-4-6-14(20)7-5-13/h2-10H,11H2,1H3,(H,22,24)(H,23,26)/b9-3+. The normalized spacial score (nSPS) is 10.4. The molecule has 0 aliphatic heterocycles. The minimum absolute atomic E-state index is 0.0806. The van der Waals surface area contributed by atoms with Crippen molar-refractivity contribution >= 4 is 35.5 Å². The van der Waals surface area contributed by atoms with Crippen molar-refractivity contribution in [3.63, 3.8) is 0 Å². The Hall–Kier alpha value is -3.39. The van der Waals surface area contributed by atoms with Crippen LogP contribution in [0.5, 0.6) is 5.75 Å². The molecule has 0 saturated carbocycles. The first-order valence-corrected chi connectivity index (χ1v) is 8.30. The summed E-state index contributed by atoms with van der Waals surface area (Å²) in [5.74, 6) is -2.60. The number of methoxy groups -OCH3 is 1. The molecule has 0 aromatic heterocycles. The fourth-order valence-electron chi connectivity index (χ4n) is 1.97. The van der Waals surface area contributed by atoms with Crippen LogP contribution in [-0.4, -0.2) is 31.5 Å². The molecule has 0 aliphatic carbocycles. The van der Waals surface area contributed by atoms with Crippen LogP contribution in [-0.2, 0) is 14.3 Å². The minimum atomic E-state index is -0.810. The van der Waals surface area contributed by atoms with E-state index in [2.05, 4.69) is 10.9 Å². The summed E-state index contributed by atoms with van der Waals surface area (Å²) in [6.45, 7) is -0.610. The van der Waals surface area contributed by atoms with E-state index in [-0.39, 0.29) is 11.3 Å². The zero-order valence-electron chi connectivity index (χ0n) is 14.7. The highest BCUT2D eigenvalue weighted by atomic mass is 35.5. The zero-order chi connectivity index (χ0) is 20.5. The summed E-state index contributed by atoms with van der Waals surface area (Å²) in [7, 11) is 1.34. The van der Waals surface area contributed by atoms with Crippen molar-refractivity contribution in [3.8, 4) is 5.75 Å². The predicted molar refractivity (Wildman–Crippen MR) is 100 cm³/mol. The van der Waals surface area contributed by atoms with Crippen LogP contribution in [0.3, 0.4) is 0 Å². The maximum atomic E-state index is 13.6. The van der Waals surface area contributed by atoms with Crippen LogP contribution in [0.25, 0.3) is 6.08 Å². The molecule has 0 heterocycles. The Morgan fingerprint density at radius 1 is 1.11 bits per heavy atom. The number of benzene rings is 2. The fraction of sp³-hybridized carbons (Fsp3) is 0.105. The lowest BCUT2D eigenvalue weighted by atomic mass is 10.2. The van der Waals surface area contributed by atoms with Crippen molar-refractivity contribution in [2.75, 3.05) is 13.7 Å². The van der Waals surface area contributed by atoms with Crippen molar-refractivity contribution < 1.29 is 28.2 Å². The number of ether oxygens (including phenoxy) is 2. The third-order valence-corrected chi connectivity index (χ3v) is 3.61. The van der Waals surface area contributed by atoms with Crippen LogP contribution in [0.15, 0.2) is 48.5 Å². The first kappa shape index (κ1) is 20.9. The lowest BCUT2D eigenvalue weighted by molar-refractivity contribution is -0.144. The van der Waals surface area contributed by atoms with Crippen LogP contribution in [0.1, 0.15) is 15.9 Å². The van der Waals surface area contributed by atoms with Gasteiger partial charge in [0.25, 0.3) is 11.8 Å². The highest BCUT2D eigenvalue weighted by Gasteiger charge is 2.09. The molecule has 0 unspecified atom stereocenters. The molecule has 7 nitrogen and oxygen atoms in total. The van der Waals surface area contributed by atoms with Gasteiger partial charge < -0.3 is 9.47 Å². The number of esters is 1. The van der Waals surface area contributed by atoms with Gasteiger partial charge in [-0.1, -0.05) is 17.7 Å². The van der Waals surface area contributed by atoms with E-state index in [0.717, 1.165) is 6.08 Å². The first-order valence-electron chi connectivity index (χ1n) is 7.92. The molecule has 2 rings (SSSR count). The summed E-state index contributed by atoms with van der Waals surface area (Å²) in [6, 6.07) is 10.2. The Kier molecular flexibility index (Phi) is 7.53. The minimum Gasteiger partial charge on any atom is -0.494 e. The Bertz CT molecular complexity index is 900. The molecule has 9 heteroatoms. The summed E-state index contributed by atoms with van der Waals surface area (Å²) in [6.07, 6.45) is 2.37. The molecule has 0 atom stereocenters. The number of amides is 2. The van der Waals surface area contributed by atoms with Crippen LogP contribution < -0.4 is 15.6 Å². The van der Waals surface area contributed by atoms with E-state index < -0.39 is 30.2 Å². The molecule has 146 valence electrons. The second-order valence-corrected chi connectivity index (χ2v) is 5.78. The summed E-state index contributed by atoms with van der Waals surface area (Å²) < 4.78 is 23.1. The average Bonchev–Trinajstić information content (AvgIpc) is 2.69. The molecule has 0 bridgehead atoms. The number of hydrogen-bond donors (Lipinski definition) is 2. The van der Waals surface area contributed by atoms with Crippen molar-refractivity contribution in [1.29, 1.82) is 0 Å². The topological polar surface area (TPSA) is 93.7 Å². The van der Waals surface area contributed by atoms with E-state index >= 15 is 0 Å². The van der Waals surface area contributed by atoms with Gasteiger partial charge in [0.1, 0.15) is 0 Å². The Balaban J connectivity index is 1.75. The van der Waals surface area contributed by atoms with Gasteiger partial charge in [-0.15, -0.1) is 0 Å². The van der Waals surface area contributed by atoms with Gasteiger partial charge in [-0.2, -0.15) is 0 Å². The lowest BCUT2D eigenvalue weighted by Gasteiger charge is -2.07. The van der Waals surface area contributed by atoms with Gasteiger partial charge in [0.2, 0.25) is 0 Å². The number of carbonyl (C=O) groups is 3. The van der Waals surface area contributed by atoms with Crippen molar-refractivity contribution in [2.24, 2.45) is 0 Å². The maximum absolute atomic E-state index is 13.6. The summed E-state index contributed by atoms with van der Waals surface area (Å²) in [4.78, 5) is 35.0. The highest BCUT2D eigenvalue weighted by Crippen LogP contribution is 2.18. The van der Waals surface area contributed by atoms with Gasteiger partial charge in [-0.05, 0) is 48.0 Å². The molecule has 0 spiro atoms. The van der Waals surface area contributed by atoms with Crippen LogP contribution in [0, 0.1) is 5.82 Å². The van der Waals surface area contributed by atoms with Gasteiger partial charge in [-0.25, -0.2) is 9.18 Å². The smallest absolute Gasteiger partial charge is 0.331 e. The molecule has 28 heavy (non-hydrogen) atoms. The average molecular weight is 407 g/mol. The van der Waals surface area contributed by atoms with Crippen molar-refractivity contribution in [3.05, 3.63) is 70.5 Å². The molecule has 2 aromatic rings. The number of halogens is 2. The Labute approximate surface area is 165 Å². The first-order chi connectivity index (χ1) is 13.4. The largest absolute Gasteiger partial charge is 0.494 e. The quantitative estimate of drug-likeness (QED) is 0.437. The van der Waals surface area contributed by atoms with E-state index in [0.29, 0.717) is 10.6 Å². The van der Waals surface area contributed by atoms with Crippen molar-refractivity contribution in [2.45, 2.75) is 0 Å². The third kappa shape index (κ3) is 6.40. The molecular weight excluding hydrogens is 391 g/mol. The van der Waals surface area contributed by atoms with Crippen molar-refractivity contribution in [1.82, 2.24) is 10.9 Å². The molecule has 0 fully saturated rings. The zero-order valence-corrected chi connectivity index (χ0v) is 15.5. The van der Waals surface area contributed by atoms with Gasteiger partial charge in [-0.3, -0.25) is 20.4 Å². The predicted octanol–water partition coefficient (Wildman–Crippen LogP) is 2.51. The van der Waals surface area contributed by atoms with Gasteiger partial charge in [0.15, 0.2) is 18.2 Å². The van der Waals surface area contributed by atoms with E-state index in [1.54, 1.807) is 6.07 Å². The number of hydrogen-bond acceptors (Lipinski definition) is 5. The summed E-state index contributed by atoms with van der Waals surface area (Å²) in [5, 5.41) is 0.470. The van der Waals surface area contributed by atoms with Gasteiger partial charge >= 0.3 is 5.97 Å².